The van der Waals surface area contributed by atoms with Crippen molar-refractivity contribution < 1.29 is 17.9 Å². The van der Waals surface area contributed by atoms with Crippen molar-refractivity contribution in [1.29, 1.82) is 0 Å². The van der Waals surface area contributed by atoms with Gasteiger partial charge in [0.25, 0.3) is 0 Å². The summed E-state index contributed by atoms with van der Waals surface area (Å²) in [6.07, 6.45) is -1.25. The van der Waals surface area contributed by atoms with E-state index in [1.165, 1.54) is 18.6 Å². The average molecular weight is 302 g/mol. The van der Waals surface area contributed by atoms with Crippen molar-refractivity contribution in [3.63, 3.8) is 0 Å². The molecule has 21 heavy (non-hydrogen) atoms. The maximum atomic E-state index is 12.1. The van der Waals surface area contributed by atoms with Gasteiger partial charge in [0.1, 0.15) is 5.75 Å². The molecule has 2 atom stereocenters. The number of nitrogens with two attached hydrogens (primary N) is 1. The second kappa shape index (κ2) is 6.66. The fraction of sp³-hybridized carbons (Fsp3) is 0.600. The van der Waals surface area contributed by atoms with E-state index in [-0.39, 0.29) is 11.8 Å². The van der Waals surface area contributed by atoms with Gasteiger partial charge in [-0.2, -0.15) is 0 Å². The fourth-order valence-corrected chi connectivity index (χ4v) is 2.93. The third kappa shape index (κ3) is 4.35. The van der Waals surface area contributed by atoms with Crippen LogP contribution in [0.4, 0.5) is 13.2 Å². The summed E-state index contributed by atoms with van der Waals surface area (Å²) in [7, 11) is 0. The van der Waals surface area contributed by atoms with E-state index in [2.05, 4.69) is 16.6 Å². The van der Waals surface area contributed by atoms with Gasteiger partial charge < -0.3 is 10.5 Å². The molecule has 1 fully saturated rings. The lowest BCUT2D eigenvalue weighted by atomic mass is 9.97. The smallest absolute Gasteiger partial charge is 0.406 e. The first kappa shape index (κ1) is 16.1. The molecule has 0 bridgehead atoms. The first-order valence-electron chi connectivity index (χ1n) is 7.22. The number of rotatable bonds is 4. The minimum atomic E-state index is -4.65. The number of ether oxygens (including phenoxy) is 1. The van der Waals surface area contributed by atoms with E-state index in [1.54, 1.807) is 12.1 Å². The lowest BCUT2D eigenvalue weighted by Crippen LogP contribution is -2.45. The molecule has 0 spiro atoms. The standard InChI is InChI=1S/C15H21F3N2O/c1-11(20-9-3-2-4-13(20)10-19)12-5-7-14(8-6-12)21-15(16,17)18/h5-8,11,13H,2-4,9-10,19H2,1H3. The van der Waals surface area contributed by atoms with Crippen LogP contribution in [0.25, 0.3) is 0 Å². The van der Waals surface area contributed by atoms with E-state index in [0.29, 0.717) is 12.6 Å². The van der Waals surface area contributed by atoms with Gasteiger partial charge in [0, 0.05) is 18.6 Å². The zero-order chi connectivity index (χ0) is 15.5. The largest absolute Gasteiger partial charge is 0.573 e. The lowest BCUT2D eigenvalue weighted by molar-refractivity contribution is -0.274. The number of hydrogen-bond donors (Lipinski definition) is 1. The van der Waals surface area contributed by atoms with Crippen LogP contribution in [-0.2, 0) is 0 Å². The Kier molecular flexibility index (Phi) is 5.11. The van der Waals surface area contributed by atoms with Gasteiger partial charge in [-0.3, -0.25) is 4.90 Å². The molecule has 1 saturated heterocycles. The molecule has 3 nitrogen and oxygen atoms in total. The van der Waals surface area contributed by atoms with Crippen molar-refractivity contribution in [1.82, 2.24) is 4.90 Å². The highest BCUT2D eigenvalue weighted by molar-refractivity contribution is 5.29. The molecule has 0 radical (unpaired) electrons. The first-order chi connectivity index (χ1) is 9.90. The molecule has 6 heteroatoms. The summed E-state index contributed by atoms with van der Waals surface area (Å²) >= 11 is 0. The number of hydrogen-bond acceptors (Lipinski definition) is 3. The minimum absolute atomic E-state index is 0.138. The summed E-state index contributed by atoms with van der Waals surface area (Å²) in [5, 5.41) is 0. The van der Waals surface area contributed by atoms with Crippen LogP contribution < -0.4 is 10.5 Å². The topological polar surface area (TPSA) is 38.5 Å². The Bertz CT molecular complexity index is 447. The van der Waals surface area contributed by atoms with Gasteiger partial charge in [0.2, 0.25) is 0 Å². The zero-order valence-electron chi connectivity index (χ0n) is 12.1. The SMILES string of the molecule is CC(c1ccc(OC(F)(F)F)cc1)N1CCCCC1CN. The van der Waals surface area contributed by atoms with Crippen molar-refractivity contribution in [3.05, 3.63) is 29.8 Å². The molecule has 0 amide bonds. The Morgan fingerprint density at radius 2 is 1.95 bits per heavy atom. The molecule has 1 heterocycles. The van der Waals surface area contributed by atoms with Crippen LogP contribution >= 0.6 is 0 Å². The normalized spacial score (nSPS) is 22.0. The molecule has 0 saturated carbocycles. The minimum Gasteiger partial charge on any atom is -0.406 e. The highest BCUT2D eigenvalue weighted by atomic mass is 19.4. The molecule has 2 unspecified atom stereocenters. The highest BCUT2D eigenvalue weighted by Gasteiger charge is 2.31. The molecular formula is C15H21F3N2O. The Labute approximate surface area is 122 Å². The number of likely N-dealkylation sites (tertiary alicyclic amines) is 1. The molecule has 1 aliphatic rings. The van der Waals surface area contributed by atoms with Gasteiger partial charge in [-0.25, -0.2) is 0 Å². The van der Waals surface area contributed by atoms with Gasteiger partial charge in [0.15, 0.2) is 0 Å². The molecule has 2 N–H and O–H groups in total. The first-order valence-corrected chi connectivity index (χ1v) is 7.22. The van der Waals surface area contributed by atoms with E-state index in [1.807, 2.05) is 0 Å². The van der Waals surface area contributed by atoms with E-state index in [4.69, 9.17) is 5.73 Å². The van der Waals surface area contributed by atoms with Crippen molar-refractivity contribution in [2.24, 2.45) is 5.73 Å². The lowest BCUT2D eigenvalue weighted by Gasteiger charge is -2.39. The number of benzene rings is 1. The number of piperidine rings is 1. The van der Waals surface area contributed by atoms with Crippen LogP contribution in [0.3, 0.4) is 0 Å². The van der Waals surface area contributed by atoms with Crippen LogP contribution in [0.2, 0.25) is 0 Å². The predicted octanol–water partition coefficient (Wildman–Crippen LogP) is 3.46. The Morgan fingerprint density at radius 3 is 2.52 bits per heavy atom. The van der Waals surface area contributed by atoms with Crippen LogP contribution in [-0.4, -0.2) is 30.4 Å². The summed E-state index contributed by atoms with van der Waals surface area (Å²) in [5.74, 6) is -0.188. The number of nitrogens with zero attached hydrogens (tertiary/aromatic N) is 1. The molecule has 2 rings (SSSR count). The van der Waals surface area contributed by atoms with E-state index >= 15 is 0 Å². The maximum absolute atomic E-state index is 12.1. The van der Waals surface area contributed by atoms with Crippen molar-refractivity contribution >= 4 is 0 Å². The second-order valence-corrected chi connectivity index (χ2v) is 5.42. The van der Waals surface area contributed by atoms with Gasteiger partial charge >= 0.3 is 6.36 Å². The van der Waals surface area contributed by atoms with Crippen LogP contribution in [0.1, 0.15) is 37.8 Å². The fourth-order valence-electron chi connectivity index (χ4n) is 2.93. The van der Waals surface area contributed by atoms with Crippen LogP contribution in [0, 0.1) is 0 Å². The third-order valence-corrected chi connectivity index (χ3v) is 4.04. The summed E-state index contributed by atoms with van der Waals surface area (Å²) < 4.78 is 40.3. The number of halogens is 3. The highest BCUT2D eigenvalue weighted by Crippen LogP contribution is 2.30. The van der Waals surface area contributed by atoms with Crippen molar-refractivity contribution in [2.75, 3.05) is 13.1 Å². The predicted molar refractivity (Wildman–Crippen MR) is 74.9 cm³/mol. The molecule has 0 aromatic heterocycles. The van der Waals surface area contributed by atoms with Gasteiger partial charge in [-0.05, 0) is 44.0 Å². The van der Waals surface area contributed by atoms with Gasteiger partial charge in [-0.1, -0.05) is 18.6 Å². The molecular weight excluding hydrogens is 281 g/mol. The summed E-state index contributed by atoms with van der Waals surface area (Å²) in [5.41, 5.74) is 6.79. The molecule has 0 aliphatic carbocycles. The van der Waals surface area contributed by atoms with Crippen molar-refractivity contribution in [2.45, 2.75) is 44.6 Å². The van der Waals surface area contributed by atoms with E-state index < -0.39 is 6.36 Å². The molecule has 1 aromatic rings. The molecule has 118 valence electrons. The summed E-state index contributed by atoms with van der Waals surface area (Å²) in [4.78, 5) is 2.34. The van der Waals surface area contributed by atoms with Crippen LogP contribution in [0.5, 0.6) is 5.75 Å². The average Bonchev–Trinajstić information content (AvgIpc) is 2.45. The van der Waals surface area contributed by atoms with Crippen molar-refractivity contribution in [3.8, 4) is 5.75 Å². The van der Waals surface area contributed by atoms with E-state index in [9.17, 15) is 13.2 Å². The van der Waals surface area contributed by atoms with Gasteiger partial charge in [0.05, 0.1) is 0 Å². The monoisotopic (exact) mass is 302 g/mol. The van der Waals surface area contributed by atoms with Crippen LogP contribution in [0.15, 0.2) is 24.3 Å². The Balaban J connectivity index is 2.06. The Hall–Kier alpha value is -1.27. The van der Waals surface area contributed by atoms with E-state index in [0.717, 1.165) is 24.9 Å². The number of alkyl halides is 3. The zero-order valence-corrected chi connectivity index (χ0v) is 12.1. The van der Waals surface area contributed by atoms with Gasteiger partial charge in [-0.15, -0.1) is 13.2 Å². The summed E-state index contributed by atoms with van der Waals surface area (Å²) in [6, 6.07) is 6.59. The summed E-state index contributed by atoms with van der Waals surface area (Å²) in [6.45, 7) is 3.65. The second-order valence-electron chi connectivity index (χ2n) is 5.42. The Morgan fingerprint density at radius 1 is 1.29 bits per heavy atom. The molecule has 1 aliphatic heterocycles. The third-order valence-electron chi connectivity index (χ3n) is 4.04. The quantitative estimate of drug-likeness (QED) is 0.925. The molecule has 1 aromatic carbocycles. The maximum Gasteiger partial charge on any atom is 0.573 e.